The van der Waals surface area contributed by atoms with E-state index >= 15 is 0 Å². The maximum atomic E-state index is 5.51. The Kier molecular flexibility index (Phi) is 4.08. The Morgan fingerprint density at radius 1 is 1.25 bits per heavy atom. The van der Waals surface area contributed by atoms with Crippen LogP contribution in [0.25, 0.3) is 0 Å². The Bertz CT molecular complexity index is 541. The van der Waals surface area contributed by atoms with Gasteiger partial charge in [0.25, 0.3) is 0 Å². The molecule has 5 heteroatoms. The molecule has 0 amide bonds. The Hall–Kier alpha value is -1.72. The lowest BCUT2D eigenvalue weighted by Gasteiger charge is -2.13. The maximum absolute atomic E-state index is 5.51. The predicted octanol–water partition coefficient (Wildman–Crippen LogP) is 1.75. The van der Waals surface area contributed by atoms with Gasteiger partial charge in [0.2, 0.25) is 5.89 Å². The standard InChI is InChI=1S/C15H19N3O2/c1-2-16-13-10-19-9-12(13)15-17-14(18-20-15)8-11-6-4-3-5-7-11/h3-7,12-13,16H,2,8-10H2,1H3. The average Bonchev–Trinajstić information content (AvgIpc) is 3.09. The van der Waals surface area contributed by atoms with E-state index in [9.17, 15) is 0 Å². The van der Waals surface area contributed by atoms with Crippen molar-refractivity contribution in [3.8, 4) is 0 Å². The first-order chi connectivity index (χ1) is 9.86. The van der Waals surface area contributed by atoms with Gasteiger partial charge in [-0.05, 0) is 12.1 Å². The number of ether oxygens (including phenoxy) is 1. The number of benzene rings is 1. The normalized spacial score (nSPS) is 22.2. The van der Waals surface area contributed by atoms with Crippen molar-refractivity contribution in [3.05, 3.63) is 47.6 Å². The monoisotopic (exact) mass is 273 g/mol. The van der Waals surface area contributed by atoms with Crippen LogP contribution in [-0.2, 0) is 11.2 Å². The molecule has 1 saturated heterocycles. The van der Waals surface area contributed by atoms with Gasteiger partial charge in [0, 0.05) is 12.5 Å². The van der Waals surface area contributed by atoms with E-state index in [4.69, 9.17) is 9.26 Å². The van der Waals surface area contributed by atoms with E-state index in [1.165, 1.54) is 5.56 Å². The first kappa shape index (κ1) is 13.3. The van der Waals surface area contributed by atoms with Crippen LogP contribution in [0, 0.1) is 0 Å². The van der Waals surface area contributed by atoms with Crippen LogP contribution >= 0.6 is 0 Å². The van der Waals surface area contributed by atoms with E-state index < -0.39 is 0 Å². The van der Waals surface area contributed by atoms with Gasteiger partial charge in [-0.25, -0.2) is 0 Å². The summed E-state index contributed by atoms with van der Waals surface area (Å²) in [6, 6.07) is 10.4. The van der Waals surface area contributed by atoms with E-state index in [0.29, 0.717) is 25.5 Å². The smallest absolute Gasteiger partial charge is 0.233 e. The van der Waals surface area contributed by atoms with Crippen molar-refractivity contribution in [2.75, 3.05) is 19.8 Å². The molecule has 0 radical (unpaired) electrons. The molecular formula is C15H19N3O2. The van der Waals surface area contributed by atoms with Crippen molar-refractivity contribution in [2.24, 2.45) is 0 Å². The highest BCUT2D eigenvalue weighted by Gasteiger charge is 2.33. The molecule has 2 unspecified atom stereocenters. The van der Waals surface area contributed by atoms with Crippen LogP contribution in [0.5, 0.6) is 0 Å². The third kappa shape index (κ3) is 2.89. The Labute approximate surface area is 118 Å². The van der Waals surface area contributed by atoms with Crippen LogP contribution in [-0.4, -0.2) is 35.9 Å². The highest BCUT2D eigenvalue weighted by molar-refractivity contribution is 5.18. The number of rotatable bonds is 5. The van der Waals surface area contributed by atoms with Gasteiger partial charge in [-0.3, -0.25) is 0 Å². The molecule has 0 saturated carbocycles. The third-order valence-corrected chi connectivity index (χ3v) is 3.55. The molecule has 1 aromatic heterocycles. The molecule has 1 N–H and O–H groups in total. The van der Waals surface area contributed by atoms with Crippen molar-refractivity contribution in [1.82, 2.24) is 15.5 Å². The van der Waals surface area contributed by atoms with Crippen LogP contribution in [0.2, 0.25) is 0 Å². The molecule has 20 heavy (non-hydrogen) atoms. The summed E-state index contributed by atoms with van der Waals surface area (Å²) in [5.74, 6) is 1.57. The van der Waals surface area contributed by atoms with Gasteiger partial charge in [-0.15, -0.1) is 0 Å². The van der Waals surface area contributed by atoms with Crippen LogP contribution < -0.4 is 5.32 Å². The van der Waals surface area contributed by atoms with Crippen LogP contribution in [0.1, 0.15) is 30.1 Å². The van der Waals surface area contributed by atoms with E-state index in [0.717, 1.165) is 12.4 Å². The van der Waals surface area contributed by atoms with Crippen LogP contribution in [0.3, 0.4) is 0 Å². The van der Waals surface area contributed by atoms with E-state index in [1.807, 2.05) is 18.2 Å². The zero-order valence-corrected chi connectivity index (χ0v) is 11.6. The van der Waals surface area contributed by atoms with Crippen LogP contribution in [0.4, 0.5) is 0 Å². The van der Waals surface area contributed by atoms with Crippen LogP contribution in [0.15, 0.2) is 34.9 Å². The number of likely N-dealkylation sites (N-methyl/N-ethyl adjacent to an activating group) is 1. The fourth-order valence-corrected chi connectivity index (χ4v) is 2.53. The highest BCUT2D eigenvalue weighted by atomic mass is 16.5. The molecule has 2 atom stereocenters. The Morgan fingerprint density at radius 3 is 2.90 bits per heavy atom. The van der Waals surface area contributed by atoms with Crippen molar-refractivity contribution in [1.29, 1.82) is 0 Å². The van der Waals surface area contributed by atoms with Crippen molar-refractivity contribution in [3.63, 3.8) is 0 Å². The van der Waals surface area contributed by atoms with E-state index in [2.05, 4.69) is 34.5 Å². The second-order valence-electron chi connectivity index (χ2n) is 5.02. The van der Waals surface area contributed by atoms with Crippen molar-refractivity contribution in [2.45, 2.75) is 25.3 Å². The summed E-state index contributed by atoms with van der Waals surface area (Å²) in [4.78, 5) is 4.52. The van der Waals surface area contributed by atoms with Crippen molar-refractivity contribution < 1.29 is 9.26 Å². The Morgan fingerprint density at radius 2 is 2.10 bits per heavy atom. The molecule has 1 aliphatic rings. The van der Waals surface area contributed by atoms with Gasteiger partial charge in [0.1, 0.15) is 0 Å². The predicted molar refractivity (Wildman–Crippen MR) is 74.6 cm³/mol. The zero-order valence-electron chi connectivity index (χ0n) is 11.6. The second kappa shape index (κ2) is 6.15. The lowest BCUT2D eigenvalue weighted by Crippen LogP contribution is -2.34. The first-order valence-electron chi connectivity index (χ1n) is 7.04. The molecule has 0 bridgehead atoms. The summed E-state index contributed by atoms with van der Waals surface area (Å²) in [5.41, 5.74) is 1.19. The summed E-state index contributed by atoms with van der Waals surface area (Å²) < 4.78 is 10.9. The summed E-state index contributed by atoms with van der Waals surface area (Å²) >= 11 is 0. The summed E-state index contributed by atoms with van der Waals surface area (Å²) in [6.45, 7) is 4.35. The minimum absolute atomic E-state index is 0.159. The minimum atomic E-state index is 0.159. The van der Waals surface area contributed by atoms with Gasteiger partial charge in [0.05, 0.1) is 19.1 Å². The zero-order chi connectivity index (χ0) is 13.8. The van der Waals surface area contributed by atoms with Gasteiger partial charge >= 0.3 is 0 Å². The Balaban J connectivity index is 1.70. The third-order valence-electron chi connectivity index (χ3n) is 3.55. The fraction of sp³-hybridized carbons (Fsp3) is 0.467. The molecule has 3 rings (SSSR count). The number of nitrogens with one attached hydrogen (secondary N) is 1. The summed E-state index contributed by atoms with van der Waals surface area (Å²) in [7, 11) is 0. The molecule has 1 aliphatic heterocycles. The maximum Gasteiger partial charge on any atom is 0.233 e. The summed E-state index contributed by atoms with van der Waals surface area (Å²) in [6.07, 6.45) is 0.698. The minimum Gasteiger partial charge on any atom is -0.379 e. The molecule has 2 aromatic rings. The molecule has 1 fully saturated rings. The molecule has 1 aromatic carbocycles. The van der Waals surface area contributed by atoms with Gasteiger partial charge in [-0.1, -0.05) is 42.4 Å². The largest absolute Gasteiger partial charge is 0.379 e. The molecule has 5 nitrogen and oxygen atoms in total. The van der Waals surface area contributed by atoms with Crippen molar-refractivity contribution >= 4 is 0 Å². The lowest BCUT2D eigenvalue weighted by atomic mass is 10.0. The molecule has 0 spiro atoms. The molecular weight excluding hydrogens is 254 g/mol. The van der Waals surface area contributed by atoms with E-state index in [-0.39, 0.29) is 12.0 Å². The first-order valence-corrected chi connectivity index (χ1v) is 7.04. The summed E-state index contributed by atoms with van der Waals surface area (Å²) in [5, 5.41) is 7.48. The quantitative estimate of drug-likeness (QED) is 0.899. The molecule has 106 valence electrons. The SMILES string of the molecule is CCNC1COCC1c1nc(Cc2ccccc2)no1. The van der Waals surface area contributed by atoms with Gasteiger partial charge in [0.15, 0.2) is 5.82 Å². The average molecular weight is 273 g/mol. The number of aromatic nitrogens is 2. The highest BCUT2D eigenvalue weighted by Crippen LogP contribution is 2.24. The number of hydrogen-bond acceptors (Lipinski definition) is 5. The van der Waals surface area contributed by atoms with Gasteiger partial charge in [-0.2, -0.15) is 4.98 Å². The lowest BCUT2D eigenvalue weighted by molar-refractivity contribution is 0.185. The second-order valence-corrected chi connectivity index (χ2v) is 5.02. The number of nitrogens with zero attached hydrogens (tertiary/aromatic N) is 2. The molecule has 0 aliphatic carbocycles. The van der Waals surface area contributed by atoms with Gasteiger partial charge < -0.3 is 14.6 Å². The fourth-order valence-electron chi connectivity index (χ4n) is 2.53. The number of hydrogen-bond donors (Lipinski definition) is 1. The van der Waals surface area contributed by atoms with E-state index in [1.54, 1.807) is 0 Å². The molecule has 2 heterocycles. The topological polar surface area (TPSA) is 60.2 Å².